The van der Waals surface area contributed by atoms with Gasteiger partial charge in [0.15, 0.2) is 5.13 Å². The van der Waals surface area contributed by atoms with E-state index in [2.05, 4.69) is 16.9 Å². The molecule has 5 nitrogen and oxygen atoms in total. The summed E-state index contributed by atoms with van der Waals surface area (Å²) in [5, 5.41) is 13.2. The summed E-state index contributed by atoms with van der Waals surface area (Å²) in [6, 6.07) is 8.28. The molecule has 0 radical (unpaired) electrons. The molecular weight excluding hydrogens is 329 g/mol. The molecule has 3 rings (SSSR count). The molecule has 1 amide bonds. The van der Waals surface area contributed by atoms with E-state index in [0.29, 0.717) is 10.2 Å². The largest absolute Gasteiger partial charge is 0.422 e. The van der Waals surface area contributed by atoms with Crippen LogP contribution in [0.2, 0.25) is 0 Å². The van der Waals surface area contributed by atoms with E-state index in [9.17, 15) is 18.0 Å². The number of fused-ring (bicyclic) bond motifs is 1. The lowest BCUT2D eigenvalue weighted by molar-refractivity contribution is -0.185. The number of carbonyl (C=O) groups excluding carboxylic acids is 1. The Morgan fingerprint density at radius 2 is 2.13 bits per heavy atom. The number of nitrogens with one attached hydrogen (secondary N) is 2. The summed E-state index contributed by atoms with van der Waals surface area (Å²) in [6.07, 6.45) is -5.01. The lowest BCUT2D eigenvalue weighted by Crippen LogP contribution is -2.60. The molecule has 0 saturated carbocycles. The van der Waals surface area contributed by atoms with Gasteiger partial charge in [0, 0.05) is 5.70 Å². The quantitative estimate of drug-likeness (QED) is 0.883. The number of carbonyl (C=O) groups is 1. The zero-order valence-corrected chi connectivity index (χ0v) is 12.3. The monoisotopic (exact) mass is 338 g/mol. The van der Waals surface area contributed by atoms with Gasteiger partial charge in [0.05, 0.1) is 16.3 Å². The molecule has 23 heavy (non-hydrogen) atoms. The number of nitrogens with zero attached hydrogens (tertiary/aromatic N) is 2. The van der Waals surface area contributed by atoms with Gasteiger partial charge in [-0.2, -0.15) is 18.4 Å². The third-order valence-corrected chi connectivity index (χ3v) is 4.54. The average Bonchev–Trinajstić information content (AvgIpc) is 2.97. The lowest BCUT2D eigenvalue weighted by atomic mass is 9.85. The van der Waals surface area contributed by atoms with Crippen molar-refractivity contribution in [2.75, 3.05) is 5.32 Å². The van der Waals surface area contributed by atoms with Gasteiger partial charge in [0.1, 0.15) is 5.92 Å². The normalized spacial score (nSPS) is 24.5. The van der Waals surface area contributed by atoms with Gasteiger partial charge in [-0.25, -0.2) is 4.98 Å². The second kappa shape index (κ2) is 4.96. The molecule has 1 aliphatic rings. The van der Waals surface area contributed by atoms with E-state index in [-0.39, 0.29) is 10.8 Å². The maximum Gasteiger partial charge on any atom is 0.422 e. The van der Waals surface area contributed by atoms with Crippen molar-refractivity contribution in [3.05, 3.63) is 36.5 Å². The highest BCUT2D eigenvalue weighted by molar-refractivity contribution is 7.22. The van der Waals surface area contributed by atoms with Crippen LogP contribution in [-0.2, 0) is 4.79 Å². The lowest BCUT2D eigenvalue weighted by Gasteiger charge is -2.31. The fourth-order valence-electron chi connectivity index (χ4n) is 2.47. The van der Waals surface area contributed by atoms with Crippen molar-refractivity contribution in [2.45, 2.75) is 11.7 Å². The number of benzene rings is 1. The Kier molecular flexibility index (Phi) is 3.30. The Morgan fingerprint density at radius 3 is 2.74 bits per heavy atom. The molecule has 2 aromatic rings. The van der Waals surface area contributed by atoms with Crippen LogP contribution in [0.25, 0.3) is 10.2 Å². The maximum absolute atomic E-state index is 13.7. The summed E-state index contributed by atoms with van der Waals surface area (Å²) in [6.45, 7) is 3.34. The topological polar surface area (TPSA) is 77.8 Å². The van der Waals surface area contributed by atoms with Crippen molar-refractivity contribution in [3.8, 4) is 6.07 Å². The van der Waals surface area contributed by atoms with E-state index in [1.54, 1.807) is 24.3 Å². The zero-order valence-electron chi connectivity index (χ0n) is 11.4. The van der Waals surface area contributed by atoms with Crippen molar-refractivity contribution in [1.82, 2.24) is 10.3 Å². The van der Waals surface area contributed by atoms with E-state index in [4.69, 9.17) is 5.26 Å². The minimum Gasteiger partial charge on any atom is -0.338 e. The highest BCUT2D eigenvalue weighted by atomic mass is 32.1. The van der Waals surface area contributed by atoms with Gasteiger partial charge in [-0.3, -0.25) is 4.79 Å². The molecule has 2 heterocycles. The first kappa shape index (κ1) is 15.3. The Balaban J connectivity index is 2.12. The number of thiazole rings is 1. The van der Waals surface area contributed by atoms with Gasteiger partial charge in [0.2, 0.25) is 5.54 Å². The molecular formula is C14H9F3N4OS. The number of rotatable bonds is 2. The van der Waals surface area contributed by atoms with Gasteiger partial charge in [0.25, 0.3) is 5.91 Å². The average molecular weight is 338 g/mol. The molecule has 0 spiro atoms. The van der Waals surface area contributed by atoms with Gasteiger partial charge in [-0.1, -0.05) is 30.0 Å². The summed E-state index contributed by atoms with van der Waals surface area (Å²) in [4.78, 5) is 16.1. The minimum atomic E-state index is -5.01. The summed E-state index contributed by atoms with van der Waals surface area (Å²) < 4.78 is 41.7. The maximum atomic E-state index is 13.7. The first-order chi connectivity index (χ1) is 10.8. The number of hydrogen-bond acceptors (Lipinski definition) is 5. The number of amides is 1. The highest BCUT2D eigenvalue weighted by Gasteiger charge is 2.70. The number of anilines is 1. The van der Waals surface area contributed by atoms with Crippen LogP contribution in [0.5, 0.6) is 0 Å². The summed E-state index contributed by atoms with van der Waals surface area (Å²) >= 11 is 0.973. The first-order valence-corrected chi connectivity index (χ1v) is 7.21. The van der Waals surface area contributed by atoms with Crippen LogP contribution in [0.3, 0.4) is 0 Å². The van der Waals surface area contributed by atoms with Gasteiger partial charge >= 0.3 is 6.18 Å². The van der Waals surface area contributed by atoms with Crippen molar-refractivity contribution in [1.29, 1.82) is 5.26 Å². The number of aromatic nitrogens is 1. The molecule has 2 atom stereocenters. The Morgan fingerprint density at radius 1 is 1.43 bits per heavy atom. The van der Waals surface area contributed by atoms with Crippen LogP contribution in [-0.4, -0.2) is 22.6 Å². The van der Waals surface area contributed by atoms with Gasteiger partial charge in [-0.05, 0) is 12.1 Å². The second-order valence-corrected chi connectivity index (χ2v) is 5.99. The highest BCUT2D eigenvalue weighted by Crippen LogP contribution is 2.45. The molecule has 0 bridgehead atoms. The second-order valence-electron chi connectivity index (χ2n) is 4.96. The molecule has 9 heteroatoms. The zero-order chi connectivity index (χ0) is 16.8. The number of halogens is 3. The Labute approximate surface area is 132 Å². The van der Waals surface area contributed by atoms with Crippen LogP contribution >= 0.6 is 11.3 Å². The van der Waals surface area contributed by atoms with Crippen molar-refractivity contribution < 1.29 is 18.0 Å². The first-order valence-electron chi connectivity index (χ1n) is 6.40. The third kappa shape index (κ3) is 2.14. The smallest absolute Gasteiger partial charge is 0.338 e. The van der Waals surface area contributed by atoms with E-state index in [0.717, 1.165) is 11.3 Å². The van der Waals surface area contributed by atoms with Crippen LogP contribution in [0.4, 0.5) is 18.3 Å². The summed E-state index contributed by atoms with van der Waals surface area (Å²) in [5.41, 5.74) is -2.89. The van der Waals surface area contributed by atoms with E-state index >= 15 is 0 Å². The molecule has 1 aromatic carbocycles. The van der Waals surface area contributed by atoms with E-state index in [1.165, 1.54) is 6.07 Å². The standard InChI is InChI=1S/C14H9F3N4OS/c1-7-8(6-18)13(11(22)19-7,14(15,16)17)21-12-20-9-4-2-3-5-10(9)23-12/h2-5,8H,1H2,(H,19,22)(H,20,21)/t8-,13+/m0/s1. The molecule has 1 fully saturated rings. The molecule has 0 aliphatic carbocycles. The molecule has 1 saturated heterocycles. The molecule has 118 valence electrons. The van der Waals surface area contributed by atoms with E-state index < -0.39 is 23.5 Å². The third-order valence-electron chi connectivity index (χ3n) is 3.59. The minimum absolute atomic E-state index is 0.0892. The fraction of sp³-hybridized carbons (Fsp3) is 0.214. The molecule has 1 aromatic heterocycles. The Hall–Kier alpha value is -2.60. The number of para-hydroxylation sites is 1. The number of alkyl halides is 3. The SMILES string of the molecule is C=C1NC(=O)[C@@](Nc2nc3ccccc3s2)(C(F)(F)F)[C@H]1C#N. The van der Waals surface area contributed by atoms with Gasteiger partial charge in [-0.15, -0.1) is 0 Å². The van der Waals surface area contributed by atoms with Gasteiger partial charge < -0.3 is 10.6 Å². The fourth-order valence-corrected chi connectivity index (χ4v) is 3.40. The van der Waals surface area contributed by atoms with Crippen LogP contribution < -0.4 is 10.6 Å². The van der Waals surface area contributed by atoms with Crippen LogP contribution in [0.1, 0.15) is 0 Å². The van der Waals surface area contributed by atoms with Crippen LogP contribution in [0, 0.1) is 17.2 Å². The molecule has 2 N–H and O–H groups in total. The van der Waals surface area contributed by atoms with Crippen molar-refractivity contribution >= 4 is 32.6 Å². The molecule has 1 aliphatic heterocycles. The number of hydrogen-bond donors (Lipinski definition) is 2. The predicted molar refractivity (Wildman–Crippen MR) is 78.4 cm³/mol. The Bertz CT molecular complexity index is 821. The summed E-state index contributed by atoms with van der Waals surface area (Å²) in [7, 11) is 0. The van der Waals surface area contributed by atoms with Crippen LogP contribution in [0.15, 0.2) is 36.5 Å². The predicted octanol–water partition coefficient (Wildman–Crippen LogP) is 2.79. The van der Waals surface area contributed by atoms with E-state index in [1.807, 2.05) is 5.32 Å². The number of nitriles is 1. The summed E-state index contributed by atoms with van der Waals surface area (Å²) in [5.74, 6) is -3.15. The molecule has 0 unspecified atom stereocenters. The van der Waals surface area contributed by atoms with Crippen molar-refractivity contribution in [2.24, 2.45) is 5.92 Å². The van der Waals surface area contributed by atoms with Crippen molar-refractivity contribution in [3.63, 3.8) is 0 Å².